The zero-order chi connectivity index (χ0) is 20.1. The van der Waals surface area contributed by atoms with Gasteiger partial charge < -0.3 is 4.74 Å². The van der Waals surface area contributed by atoms with Crippen LogP contribution in [0.3, 0.4) is 0 Å². The molecule has 2 amide bonds. The highest BCUT2D eigenvalue weighted by molar-refractivity contribution is 5.83. The predicted molar refractivity (Wildman–Crippen MR) is 94.1 cm³/mol. The van der Waals surface area contributed by atoms with E-state index in [4.69, 9.17) is 4.74 Å². The van der Waals surface area contributed by atoms with Gasteiger partial charge in [-0.2, -0.15) is 0 Å². The lowest BCUT2D eigenvalue weighted by Gasteiger charge is -2.10. The van der Waals surface area contributed by atoms with E-state index >= 15 is 0 Å². The van der Waals surface area contributed by atoms with Crippen LogP contribution in [-0.4, -0.2) is 28.0 Å². The molecule has 3 aromatic rings. The van der Waals surface area contributed by atoms with Crippen molar-refractivity contribution in [3.63, 3.8) is 0 Å². The number of amides is 2. The number of fused-ring (bicyclic) bond motifs is 1. The number of hydrogen-bond donors (Lipinski definition) is 2. The van der Waals surface area contributed by atoms with Crippen molar-refractivity contribution in [3.8, 4) is 5.75 Å². The molecule has 3 rings (SSSR count). The molecule has 10 heteroatoms. The Labute approximate surface area is 156 Å². The van der Waals surface area contributed by atoms with Gasteiger partial charge >= 0.3 is 0 Å². The van der Waals surface area contributed by atoms with Crippen LogP contribution in [0, 0.1) is 11.6 Å². The number of aromatic nitrogens is 2. The SMILES string of the molecule is O=C(COc1ccc(F)cc1)NNC(=O)Cn1cnc2ccc(F)cc2c1=O. The van der Waals surface area contributed by atoms with Crippen LogP contribution in [0.1, 0.15) is 0 Å². The molecular formula is C18H14F2N4O4. The molecule has 1 heterocycles. The summed E-state index contributed by atoms with van der Waals surface area (Å²) in [6.07, 6.45) is 1.15. The van der Waals surface area contributed by atoms with E-state index in [2.05, 4.69) is 15.8 Å². The Kier molecular flexibility index (Phi) is 5.58. The van der Waals surface area contributed by atoms with E-state index in [9.17, 15) is 23.2 Å². The summed E-state index contributed by atoms with van der Waals surface area (Å²) < 4.78 is 32.2. The van der Waals surface area contributed by atoms with Crippen LogP contribution in [0.5, 0.6) is 5.75 Å². The Hall–Kier alpha value is -3.82. The first-order valence-corrected chi connectivity index (χ1v) is 8.03. The molecule has 8 nitrogen and oxygen atoms in total. The van der Waals surface area contributed by atoms with Gasteiger partial charge in [0.25, 0.3) is 17.4 Å². The van der Waals surface area contributed by atoms with Crippen LogP contribution in [0.15, 0.2) is 53.6 Å². The van der Waals surface area contributed by atoms with Gasteiger partial charge in [-0.15, -0.1) is 0 Å². The van der Waals surface area contributed by atoms with Gasteiger partial charge in [-0.25, -0.2) is 13.8 Å². The first kappa shape index (κ1) is 19.0. The lowest BCUT2D eigenvalue weighted by molar-refractivity contribution is -0.130. The maximum atomic E-state index is 13.3. The number of rotatable bonds is 5. The standard InChI is InChI=1S/C18H14F2N4O4/c19-11-1-4-13(5-2-11)28-9-17(26)23-22-16(25)8-24-10-21-15-6-3-12(20)7-14(15)18(24)27/h1-7,10H,8-9H2,(H,22,25)(H,23,26). The molecule has 0 aliphatic carbocycles. The van der Waals surface area contributed by atoms with E-state index in [0.717, 1.165) is 17.0 Å². The molecule has 0 aliphatic rings. The van der Waals surface area contributed by atoms with Crippen molar-refractivity contribution in [1.29, 1.82) is 0 Å². The zero-order valence-corrected chi connectivity index (χ0v) is 14.3. The van der Waals surface area contributed by atoms with E-state index in [-0.39, 0.29) is 11.1 Å². The number of carbonyl (C=O) groups excluding carboxylic acids is 2. The van der Waals surface area contributed by atoms with Crippen molar-refractivity contribution in [2.45, 2.75) is 6.54 Å². The fraction of sp³-hybridized carbons (Fsp3) is 0.111. The van der Waals surface area contributed by atoms with Crippen LogP contribution in [0.2, 0.25) is 0 Å². The van der Waals surface area contributed by atoms with Gasteiger partial charge in [-0.05, 0) is 42.5 Å². The van der Waals surface area contributed by atoms with E-state index in [0.29, 0.717) is 5.52 Å². The summed E-state index contributed by atoms with van der Waals surface area (Å²) in [5, 5.41) is 0.0343. The number of nitrogens with zero attached hydrogens (tertiary/aromatic N) is 2. The summed E-state index contributed by atoms with van der Waals surface area (Å²) in [5.74, 6) is -2.12. The normalized spacial score (nSPS) is 10.5. The van der Waals surface area contributed by atoms with Crippen LogP contribution in [0.25, 0.3) is 10.9 Å². The average Bonchev–Trinajstić information content (AvgIpc) is 2.68. The Morgan fingerprint density at radius 2 is 1.68 bits per heavy atom. The summed E-state index contributed by atoms with van der Waals surface area (Å²) in [6, 6.07) is 8.62. The Morgan fingerprint density at radius 3 is 2.43 bits per heavy atom. The largest absolute Gasteiger partial charge is 0.484 e. The molecule has 1 aromatic heterocycles. The number of hydrazine groups is 1. The highest BCUT2D eigenvalue weighted by atomic mass is 19.1. The molecule has 0 saturated heterocycles. The van der Waals surface area contributed by atoms with Crippen LogP contribution >= 0.6 is 0 Å². The third-order valence-corrected chi connectivity index (χ3v) is 3.62. The van der Waals surface area contributed by atoms with Gasteiger partial charge in [-0.3, -0.25) is 29.8 Å². The zero-order valence-electron chi connectivity index (χ0n) is 14.3. The topological polar surface area (TPSA) is 102 Å². The second-order valence-electron chi connectivity index (χ2n) is 5.68. The molecule has 0 radical (unpaired) electrons. The second kappa shape index (κ2) is 8.25. The third kappa shape index (κ3) is 4.67. The lowest BCUT2D eigenvalue weighted by Crippen LogP contribution is -2.45. The van der Waals surface area contributed by atoms with E-state index in [1.807, 2.05) is 0 Å². The van der Waals surface area contributed by atoms with Crippen molar-refractivity contribution in [1.82, 2.24) is 20.4 Å². The van der Waals surface area contributed by atoms with E-state index in [1.165, 1.54) is 36.4 Å². The first-order chi connectivity index (χ1) is 13.4. The van der Waals surface area contributed by atoms with Crippen molar-refractivity contribution in [3.05, 3.63) is 70.8 Å². The number of benzene rings is 2. The van der Waals surface area contributed by atoms with Gasteiger partial charge in [0.2, 0.25) is 0 Å². The maximum absolute atomic E-state index is 13.3. The number of ether oxygens (including phenoxy) is 1. The summed E-state index contributed by atoms with van der Waals surface area (Å²) >= 11 is 0. The van der Waals surface area contributed by atoms with Crippen molar-refractivity contribution < 1.29 is 23.1 Å². The lowest BCUT2D eigenvalue weighted by atomic mass is 10.2. The highest BCUT2D eigenvalue weighted by Crippen LogP contribution is 2.10. The first-order valence-electron chi connectivity index (χ1n) is 8.03. The monoisotopic (exact) mass is 388 g/mol. The van der Waals surface area contributed by atoms with Gasteiger partial charge in [-0.1, -0.05) is 0 Å². The van der Waals surface area contributed by atoms with Gasteiger partial charge in [0.1, 0.15) is 23.9 Å². The number of carbonyl (C=O) groups is 2. The molecule has 2 aromatic carbocycles. The molecule has 2 N–H and O–H groups in total. The molecule has 0 aliphatic heterocycles. The summed E-state index contributed by atoms with van der Waals surface area (Å²) in [4.78, 5) is 39.8. The summed E-state index contributed by atoms with van der Waals surface area (Å²) in [5.41, 5.74) is 3.95. The van der Waals surface area contributed by atoms with Gasteiger partial charge in [0.05, 0.1) is 17.2 Å². The predicted octanol–water partition coefficient (Wildman–Crippen LogP) is 0.901. The number of nitrogens with one attached hydrogen (secondary N) is 2. The number of hydrogen-bond acceptors (Lipinski definition) is 5. The molecule has 0 fully saturated rings. The van der Waals surface area contributed by atoms with Gasteiger partial charge in [0.15, 0.2) is 6.61 Å². The van der Waals surface area contributed by atoms with Gasteiger partial charge in [0, 0.05) is 0 Å². The summed E-state index contributed by atoms with van der Waals surface area (Å²) in [7, 11) is 0. The van der Waals surface area contributed by atoms with Crippen LogP contribution in [-0.2, 0) is 16.1 Å². The second-order valence-corrected chi connectivity index (χ2v) is 5.68. The van der Waals surface area contributed by atoms with Crippen molar-refractivity contribution >= 4 is 22.7 Å². The molecule has 0 unspecified atom stereocenters. The molecule has 28 heavy (non-hydrogen) atoms. The number of halogens is 2. The molecule has 0 spiro atoms. The third-order valence-electron chi connectivity index (χ3n) is 3.62. The minimum atomic E-state index is -0.699. The van der Waals surface area contributed by atoms with Crippen molar-refractivity contribution in [2.75, 3.05) is 6.61 Å². The van der Waals surface area contributed by atoms with Crippen LogP contribution in [0.4, 0.5) is 8.78 Å². The minimum Gasteiger partial charge on any atom is -0.484 e. The van der Waals surface area contributed by atoms with E-state index in [1.54, 1.807) is 0 Å². The molecular weight excluding hydrogens is 374 g/mol. The smallest absolute Gasteiger partial charge is 0.276 e. The maximum Gasteiger partial charge on any atom is 0.276 e. The van der Waals surface area contributed by atoms with Crippen LogP contribution < -0.4 is 21.1 Å². The van der Waals surface area contributed by atoms with E-state index < -0.39 is 42.2 Å². The fourth-order valence-corrected chi connectivity index (χ4v) is 2.29. The van der Waals surface area contributed by atoms with Crippen molar-refractivity contribution in [2.24, 2.45) is 0 Å². The highest BCUT2D eigenvalue weighted by Gasteiger charge is 2.10. The quantitative estimate of drug-likeness (QED) is 0.633. The average molecular weight is 388 g/mol. The Bertz CT molecular complexity index is 1080. The molecule has 144 valence electrons. The molecule has 0 bridgehead atoms. The molecule has 0 atom stereocenters. The summed E-state index contributed by atoms with van der Waals surface area (Å²) in [6.45, 7) is -0.847. The molecule has 0 saturated carbocycles. The fourth-order valence-electron chi connectivity index (χ4n) is 2.29. The minimum absolute atomic E-state index is 0.0343. The Balaban J connectivity index is 1.53. The Morgan fingerprint density at radius 1 is 1.00 bits per heavy atom.